The van der Waals surface area contributed by atoms with Gasteiger partial charge >= 0.3 is 6.36 Å². The molecule has 158 valence electrons. The van der Waals surface area contributed by atoms with Crippen LogP contribution in [0.4, 0.5) is 13.2 Å². The van der Waals surface area contributed by atoms with E-state index >= 15 is 0 Å². The minimum absolute atomic E-state index is 0.0495. The fourth-order valence-corrected chi connectivity index (χ4v) is 3.41. The number of fused-ring (bicyclic) bond motifs is 2. The van der Waals surface area contributed by atoms with Crippen molar-refractivity contribution in [1.29, 1.82) is 5.26 Å². The highest BCUT2D eigenvalue weighted by atomic mass is 19.4. The van der Waals surface area contributed by atoms with Crippen molar-refractivity contribution in [2.75, 3.05) is 13.2 Å². The van der Waals surface area contributed by atoms with Gasteiger partial charge in [0, 0.05) is 12.5 Å². The Morgan fingerprint density at radius 3 is 2.97 bits per heavy atom. The minimum atomic E-state index is -4.67. The molecule has 1 amide bonds. The second-order valence-corrected chi connectivity index (χ2v) is 6.99. The minimum Gasteiger partial charge on any atom is -0.491 e. The lowest BCUT2D eigenvalue weighted by molar-refractivity contribution is -0.325. The van der Waals surface area contributed by atoms with E-state index in [1.165, 1.54) is 10.7 Å². The average Bonchev–Trinajstić information content (AvgIpc) is 3.25. The Morgan fingerprint density at radius 1 is 1.40 bits per heavy atom. The quantitative estimate of drug-likeness (QED) is 0.793. The second kappa shape index (κ2) is 7.87. The molecule has 1 aromatic carbocycles. The number of benzene rings is 1. The number of alkyl halides is 3. The zero-order valence-corrected chi connectivity index (χ0v) is 15.6. The fraction of sp³-hybridized carbons (Fsp3) is 0.421. The summed E-state index contributed by atoms with van der Waals surface area (Å²) >= 11 is 0. The largest absolute Gasteiger partial charge is 0.522 e. The van der Waals surface area contributed by atoms with Gasteiger partial charge in [0.05, 0.1) is 30.8 Å². The number of hydrogen-bond acceptors (Lipinski definition) is 6. The first-order chi connectivity index (χ1) is 14.3. The molecule has 0 spiro atoms. The molecule has 11 heteroatoms. The van der Waals surface area contributed by atoms with Crippen molar-refractivity contribution >= 4 is 5.91 Å². The van der Waals surface area contributed by atoms with Gasteiger partial charge in [-0.15, -0.1) is 13.2 Å². The standard InChI is InChI=1S/C19H17F3N4O4/c20-19(21,22)29-4-3-14-9-26-17(30-14)7-15(25-26)18(27)24-13-6-12-5-11(8-23)1-2-16(12)28-10-13/h1-2,5,7,13-14H,3-4,6,9-10H2,(H,24,27)/t13-,14?/m1/s1. The molecular formula is C19H17F3N4O4. The predicted molar refractivity (Wildman–Crippen MR) is 94.9 cm³/mol. The molecule has 0 saturated heterocycles. The molecule has 0 radical (unpaired) electrons. The van der Waals surface area contributed by atoms with Crippen LogP contribution >= 0.6 is 0 Å². The molecule has 30 heavy (non-hydrogen) atoms. The molecule has 0 saturated carbocycles. The van der Waals surface area contributed by atoms with E-state index in [0.717, 1.165) is 5.56 Å². The summed E-state index contributed by atoms with van der Waals surface area (Å²) in [6.07, 6.45) is -4.60. The first-order valence-corrected chi connectivity index (χ1v) is 9.22. The molecule has 0 fully saturated rings. The highest BCUT2D eigenvalue weighted by Gasteiger charge is 2.32. The summed E-state index contributed by atoms with van der Waals surface area (Å²) in [5.74, 6) is 0.599. The Labute approximate surface area is 169 Å². The molecule has 2 aliphatic rings. The van der Waals surface area contributed by atoms with E-state index in [1.54, 1.807) is 18.2 Å². The normalized spacial score (nSPS) is 19.8. The number of nitrogens with zero attached hydrogens (tertiary/aromatic N) is 3. The van der Waals surface area contributed by atoms with E-state index in [4.69, 9.17) is 14.7 Å². The Bertz CT molecular complexity index is 975. The summed E-state index contributed by atoms with van der Waals surface area (Å²) in [6.45, 7) is 0.0136. The molecule has 2 aromatic rings. The van der Waals surface area contributed by atoms with Crippen molar-refractivity contribution in [1.82, 2.24) is 15.1 Å². The van der Waals surface area contributed by atoms with Crippen LogP contribution in [0.15, 0.2) is 24.3 Å². The van der Waals surface area contributed by atoms with E-state index in [9.17, 15) is 18.0 Å². The van der Waals surface area contributed by atoms with Crippen molar-refractivity contribution in [2.45, 2.75) is 37.9 Å². The number of carbonyl (C=O) groups is 1. The Morgan fingerprint density at radius 2 is 2.23 bits per heavy atom. The molecule has 1 unspecified atom stereocenters. The monoisotopic (exact) mass is 422 g/mol. The van der Waals surface area contributed by atoms with Crippen LogP contribution in [0.5, 0.6) is 11.6 Å². The number of carbonyl (C=O) groups excluding carboxylic acids is 1. The van der Waals surface area contributed by atoms with Crippen LogP contribution in [0.1, 0.15) is 28.0 Å². The van der Waals surface area contributed by atoms with Crippen LogP contribution in [0.3, 0.4) is 0 Å². The molecule has 1 aromatic heterocycles. The highest BCUT2D eigenvalue weighted by Crippen LogP contribution is 2.27. The zero-order chi connectivity index (χ0) is 21.3. The van der Waals surface area contributed by atoms with Gasteiger partial charge in [-0.2, -0.15) is 10.4 Å². The third-order valence-corrected chi connectivity index (χ3v) is 4.78. The van der Waals surface area contributed by atoms with E-state index in [0.29, 0.717) is 23.6 Å². The summed E-state index contributed by atoms with van der Waals surface area (Å²) in [5.41, 5.74) is 1.50. The van der Waals surface area contributed by atoms with Crippen LogP contribution < -0.4 is 14.8 Å². The van der Waals surface area contributed by atoms with Crippen molar-refractivity contribution in [2.24, 2.45) is 0 Å². The van der Waals surface area contributed by atoms with Gasteiger partial charge < -0.3 is 14.8 Å². The van der Waals surface area contributed by atoms with Gasteiger partial charge in [-0.1, -0.05) is 0 Å². The number of ether oxygens (including phenoxy) is 3. The van der Waals surface area contributed by atoms with E-state index in [2.05, 4.69) is 21.2 Å². The van der Waals surface area contributed by atoms with Gasteiger partial charge in [0.2, 0.25) is 5.88 Å². The van der Waals surface area contributed by atoms with Gasteiger partial charge in [-0.3, -0.25) is 9.53 Å². The summed E-state index contributed by atoms with van der Waals surface area (Å²) in [4.78, 5) is 12.5. The second-order valence-electron chi connectivity index (χ2n) is 6.99. The van der Waals surface area contributed by atoms with Crippen LogP contribution in [0.2, 0.25) is 0 Å². The Hall–Kier alpha value is -3.26. The van der Waals surface area contributed by atoms with Gasteiger partial charge in [0.15, 0.2) is 5.69 Å². The number of nitrogens with one attached hydrogen (secondary N) is 1. The number of halogens is 3. The van der Waals surface area contributed by atoms with Gasteiger partial charge in [-0.25, -0.2) is 4.68 Å². The summed E-state index contributed by atoms with van der Waals surface area (Å²) in [5, 5.41) is 16.0. The molecule has 2 aliphatic heterocycles. The maximum atomic E-state index is 12.5. The molecule has 1 N–H and O–H groups in total. The summed E-state index contributed by atoms with van der Waals surface area (Å²) in [6, 6.07) is 8.37. The number of amides is 1. The third kappa shape index (κ3) is 4.49. The fourth-order valence-electron chi connectivity index (χ4n) is 3.41. The van der Waals surface area contributed by atoms with Crippen LogP contribution in [-0.4, -0.2) is 47.4 Å². The number of hydrogen-bond donors (Lipinski definition) is 1. The van der Waals surface area contributed by atoms with Gasteiger partial charge in [0.25, 0.3) is 5.91 Å². The Balaban J connectivity index is 1.31. The Kier molecular flexibility index (Phi) is 5.26. The van der Waals surface area contributed by atoms with E-state index in [1.807, 2.05) is 0 Å². The smallest absolute Gasteiger partial charge is 0.491 e. The van der Waals surface area contributed by atoms with Gasteiger partial charge in [-0.05, 0) is 30.2 Å². The molecule has 0 aliphatic carbocycles. The lowest BCUT2D eigenvalue weighted by atomic mass is 10.0. The molecule has 3 heterocycles. The predicted octanol–water partition coefficient (Wildman–Crippen LogP) is 2.18. The number of aromatic nitrogens is 2. The molecule has 2 atom stereocenters. The van der Waals surface area contributed by atoms with Crippen molar-refractivity contribution < 1.29 is 32.2 Å². The van der Waals surface area contributed by atoms with E-state index < -0.39 is 25.0 Å². The lowest BCUT2D eigenvalue weighted by Crippen LogP contribution is -2.43. The average molecular weight is 422 g/mol. The van der Waals surface area contributed by atoms with E-state index in [-0.39, 0.29) is 31.3 Å². The van der Waals surface area contributed by atoms with Gasteiger partial charge in [0.1, 0.15) is 18.5 Å². The molecule has 0 bridgehead atoms. The summed E-state index contributed by atoms with van der Waals surface area (Å²) < 4.78 is 52.5. The van der Waals surface area contributed by atoms with Crippen LogP contribution in [-0.2, 0) is 17.7 Å². The first kappa shape index (κ1) is 20.0. The van der Waals surface area contributed by atoms with Crippen molar-refractivity contribution in [3.8, 4) is 17.7 Å². The first-order valence-electron chi connectivity index (χ1n) is 9.22. The summed E-state index contributed by atoms with van der Waals surface area (Å²) in [7, 11) is 0. The van der Waals surface area contributed by atoms with Crippen molar-refractivity contribution in [3.05, 3.63) is 41.1 Å². The molecule has 8 nitrogen and oxygen atoms in total. The molecular weight excluding hydrogens is 405 g/mol. The van der Waals surface area contributed by atoms with Crippen LogP contribution in [0, 0.1) is 11.3 Å². The highest BCUT2D eigenvalue weighted by molar-refractivity contribution is 5.92. The number of rotatable bonds is 5. The maximum Gasteiger partial charge on any atom is 0.522 e. The lowest BCUT2D eigenvalue weighted by Gasteiger charge is -2.26. The third-order valence-electron chi connectivity index (χ3n) is 4.78. The van der Waals surface area contributed by atoms with Crippen molar-refractivity contribution in [3.63, 3.8) is 0 Å². The van der Waals surface area contributed by atoms with Crippen LogP contribution in [0.25, 0.3) is 0 Å². The topological polar surface area (TPSA) is 98.4 Å². The SMILES string of the molecule is N#Cc1ccc2c(c1)C[C@@H](NC(=O)c1cc3n(n1)CC(CCOC(F)(F)F)O3)CO2. The number of nitriles is 1. The molecule has 4 rings (SSSR count). The zero-order valence-electron chi connectivity index (χ0n) is 15.6. The maximum absolute atomic E-state index is 12.5.